The average molecular weight is 347 g/mol. The lowest BCUT2D eigenvalue weighted by Gasteiger charge is -2.03. The number of hydrogen-bond acceptors (Lipinski definition) is 2. The number of aromatic amines is 1. The molecule has 108 valence electrons. The van der Waals surface area contributed by atoms with E-state index >= 15 is 0 Å². The van der Waals surface area contributed by atoms with E-state index in [1.165, 1.54) is 17.2 Å². The number of aryl methyl sites for hydroxylation is 1. The van der Waals surface area contributed by atoms with Crippen LogP contribution >= 0.6 is 15.9 Å². The molecule has 21 heavy (non-hydrogen) atoms. The monoisotopic (exact) mass is 346 g/mol. The second-order valence-electron chi connectivity index (χ2n) is 4.82. The van der Waals surface area contributed by atoms with E-state index < -0.39 is 0 Å². The SMILES string of the molecule is O=C(NCCCc1c[nH]c2ccccc12)c1occc1Br. The molecule has 0 saturated carbocycles. The van der Waals surface area contributed by atoms with Crippen LogP contribution in [0.2, 0.25) is 0 Å². The maximum Gasteiger partial charge on any atom is 0.288 e. The van der Waals surface area contributed by atoms with Crippen LogP contribution in [0.25, 0.3) is 10.9 Å². The zero-order chi connectivity index (χ0) is 14.7. The van der Waals surface area contributed by atoms with Crippen LogP contribution in [0.4, 0.5) is 0 Å². The Bertz CT molecular complexity index is 760. The molecule has 3 rings (SSSR count). The molecule has 0 aliphatic carbocycles. The summed E-state index contributed by atoms with van der Waals surface area (Å²) < 4.78 is 5.80. The molecule has 4 nitrogen and oxygen atoms in total. The van der Waals surface area contributed by atoms with Crippen molar-refractivity contribution in [2.24, 2.45) is 0 Å². The summed E-state index contributed by atoms with van der Waals surface area (Å²) in [5.74, 6) is 0.132. The molecule has 0 fully saturated rings. The molecule has 5 heteroatoms. The third-order valence-corrected chi connectivity index (χ3v) is 4.03. The van der Waals surface area contributed by atoms with Crippen molar-refractivity contribution in [3.63, 3.8) is 0 Å². The minimum Gasteiger partial charge on any atom is -0.458 e. The number of para-hydroxylation sites is 1. The molecular weight excluding hydrogens is 332 g/mol. The summed E-state index contributed by atoms with van der Waals surface area (Å²) in [6.45, 7) is 0.617. The van der Waals surface area contributed by atoms with Crippen LogP contribution in [-0.2, 0) is 6.42 Å². The largest absolute Gasteiger partial charge is 0.458 e. The lowest BCUT2D eigenvalue weighted by Crippen LogP contribution is -2.24. The summed E-state index contributed by atoms with van der Waals surface area (Å²) in [5, 5.41) is 4.11. The quantitative estimate of drug-likeness (QED) is 0.688. The van der Waals surface area contributed by atoms with Gasteiger partial charge < -0.3 is 14.7 Å². The van der Waals surface area contributed by atoms with Gasteiger partial charge in [0.15, 0.2) is 0 Å². The first-order chi connectivity index (χ1) is 10.3. The predicted molar refractivity (Wildman–Crippen MR) is 85.4 cm³/mol. The zero-order valence-electron chi connectivity index (χ0n) is 11.4. The standard InChI is InChI=1S/C16H15BrN2O2/c17-13-7-9-21-15(13)16(20)18-8-3-4-11-10-19-14-6-2-1-5-12(11)14/h1-2,5-7,9-10,19H,3-4,8H2,(H,18,20). The lowest BCUT2D eigenvalue weighted by atomic mass is 10.1. The van der Waals surface area contributed by atoms with Gasteiger partial charge >= 0.3 is 0 Å². The van der Waals surface area contributed by atoms with Crippen LogP contribution in [0.1, 0.15) is 22.5 Å². The lowest BCUT2D eigenvalue weighted by molar-refractivity contribution is 0.0924. The van der Waals surface area contributed by atoms with Crippen LogP contribution < -0.4 is 5.32 Å². The smallest absolute Gasteiger partial charge is 0.288 e. The van der Waals surface area contributed by atoms with Crippen molar-refractivity contribution >= 4 is 32.7 Å². The molecule has 2 N–H and O–H groups in total. The Labute approximate surface area is 130 Å². The Morgan fingerprint density at radius 1 is 1.29 bits per heavy atom. The van der Waals surface area contributed by atoms with Gasteiger partial charge in [-0.2, -0.15) is 0 Å². The fourth-order valence-electron chi connectivity index (χ4n) is 2.36. The van der Waals surface area contributed by atoms with Crippen molar-refractivity contribution in [1.29, 1.82) is 0 Å². The molecule has 2 heterocycles. The molecule has 1 aromatic carbocycles. The topological polar surface area (TPSA) is 58.0 Å². The van der Waals surface area contributed by atoms with Gasteiger partial charge in [-0.05, 0) is 46.5 Å². The highest BCUT2D eigenvalue weighted by Gasteiger charge is 2.12. The van der Waals surface area contributed by atoms with Gasteiger partial charge in [0, 0.05) is 23.6 Å². The van der Waals surface area contributed by atoms with Gasteiger partial charge in [-0.3, -0.25) is 4.79 Å². The Hall–Kier alpha value is -2.01. The van der Waals surface area contributed by atoms with Gasteiger partial charge in [0.1, 0.15) is 0 Å². The van der Waals surface area contributed by atoms with E-state index in [1.807, 2.05) is 18.3 Å². The molecule has 0 aliphatic heterocycles. The van der Waals surface area contributed by atoms with Crippen LogP contribution in [-0.4, -0.2) is 17.4 Å². The maximum atomic E-state index is 11.9. The molecule has 3 aromatic rings. The number of H-pyrrole nitrogens is 1. The molecule has 0 atom stereocenters. The van der Waals surface area contributed by atoms with Crippen LogP contribution in [0.3, 0.4) is 0 Å². The number of rotatable bonds is 5. The molecule has 0 saturated heterocycles. The number of benzene rings is 1. The van der Waals surface area contributed by atoms with E-state index in [9.17, 15) is 4.79 Å². The number of furan rings is 1. The van der Waals surface area contributed by atoms with E-state index in [0.29, 0.717) is 16.8 Å². The van der Waals surface area contributed by atoms with E-state index in [4.69, 9.17) is 4.42 Å². The number of halogens is 1. The maximum absolute atomic E-state index is 11.9. The summed E-state index contributed by atoms with van der Waals surface area (Å²) in [6, 6.07) is 9.94. The van der Waals surface area contributed by atoms with Gasteiger partial charge in [0.05, 0.1) is 10.7 Å². The molecule has 0 aliphatic rings. The van der Waals surface area contributed by atoms with Crippen molar-refractivity contribution in [2.45, 2.75) is 12.8 Å². The Morgan fingerprint density at radius 2 is 2.14 bits per heavy atom. The zero-order valence-corrected chi connectivity index (χ0v) is 12.9. The minimum absolute atomic E-state index is 0.189. The summed E-state index contributed by atoms with van der Waals surface area (Å²) in [7, 11) is 0. The van der Waals surface area contributed by atoms with Gasteiger partial charge in [0.2, 0.25) is 5.76 Å². The molecule has 0 unspecified atom stereocenters. The predicted octanol–water partition coefficient (Wildman–Crippen LogP) is 3.89. The van der Waals surface area contributed by atoms with Gasteiger partial charge in [-0.25, -0.2) is 0 Å². The molecule has 1 amide bonds. The number of nitrogens with one attached hydrogen (secondary N) is 2. The van der Waals surface area contributed by atoms with Gasteiger partial charge in [-0.1, -0.05) is 18.2 Å². The highest BCUT2D eigenvalue weighted by molar-refractivity contribution is 9.10. The summed E-state index contributed by atoms with van der Waals surface area (Å²) in [6.07, 6.45) is 5.33. The number of amides is 1. The molecule has 0 bridgehead atoms. The highest BCUT2D eigenvalue weighted by atomic mass is 79.9. The van der Waals surface area contributed by atoms with E-state index in [1.54, 1.807) is 6.07 Å². The van der Waals surface area contributed by atoms with Crippen molar-refractivity contribution < 1.29 is 9.21 Å². The average Bonchev–Trinajstić information content (AvgIpc) is 3.10. The summed E-state index contributed by atoms with van der Waals surface area (Å²) in [5.41, 5.74) is 2.43. The van der Waals surface area contributed by atoms with E-state index in [2.05, 4.69) is 38.4 Å². The highest BCUT2D eigenvalue weighted by Crippen LogP contribution is 2.19. The number of hydrogen-bond donors (Lipinski definition) is 2. The van der Waals surface area contributed by atoms with Crippen LogP contribution in [0.15, 0.2) is 51.7 Å². The van der Waals surface area contributed by atoms with Crippen LogP contribution in [0, 0.1) is 0 Å². The number of aromatic nitrogens is 1. The van der Waals surface area contributed by atoms with Crippen molar-refractivity contribution in [1.82, 2.24) is 10.3 Å². The third kappa shape index (κ3) is 3.03. The molecule has 0 spiro atoms. The number of carbonyl (C=O) groups excluding carboxylic acids is 1. The second kappa shape index (κ2) is 6.18. The third-order valence-electron chi connectivity index (χ3n) is 3.41. The van der Waals surface area contributed by atoms with Crippen molar-refractivity contribution in [3.8, 4) is 0 Å². The summed E-state index contributed by atoms with van der Waals surface area (Å²) in [4.78, 5) is 15.1. The minimum atomic E-state index is -0.189. The Morgan fingerprint density at radius 3 is 2.95 bits per heavy atom. The molecular formula is C16H15BrN2O2. The Kier molecular flexibility index (Phi) is 4.10. The second-order valence-corrected chi connectivity index (χ2v) is 5.67. The molecule has 2 aromatic heterocycles. The number of carbonyl (C=O) groups is 1. The fourth-order valence-corrected chi connectivity index (χ4v) is 2.74. The summed E-state index contributed by atoms with van der Waals surface area (Å²) >= 11 is 3.28. The fraction of sp³-hybridized carbons (Fsp3) is 0.188. The van der Waals surface area contributed by atoms with E-state index in [-0.39, 0.29) is 5.91 Å². The first-order valence-electron chi connectivity index (χ1n) is 6.82. The first kappa shape index (κ1) is 13.9. The van der Waals surface area contributed by atoms with Crippen molar-refractivity contribution in [2.75, 3.05) is 6.54 Å². The van der Waals surface area contributed by atoms with Gasteiger partial charge in [0.25, 0.3) is 5.91 Å². The number of fused-ring (bicyclic) bond motifs is 1. The van der Waals surface area contributed by atoms with Crippen molar-refractivity contribution in [3.05, 3.63) is 58.6 Å². The Balaban J connectivity index is 1.53. The van der Waals surface area contributed by atoms with Crippen LogP contribution in [0.5, 0.6) is 0 Å². The van der Waals surface area contributed by atoms with Gasteiger partial charge in [-0.15, -0.1) is 0 Å². The van der Waals surface area contributed by atoms with E-state index in [0.717, 1.165) is 18.4 Å². The molecule has 0 radical (unpaired) electrons. The first-order valence-corrected chi connectivity index (χ1v) is 7.61. The normalized spacial score (nSPS) is 10.9.